The van der Waals surface area contributed by atoms with Crippen LogP contribution in [0.25, 0.3) is 0 Å². The Kier molecular flexibility index (Phi) is 5.81. The monoisotopic (exact) mass is 379 g/mol. The van der Waals surface area contributed by atoms with Crippen LogP contribution in [0.3, 0.4) is 0 Å². The third-order valence-corrected chi connectivity index (χ3v) is 3.66. The first-order valence-corrected chi connectivity index (χ1v) is 7.72. The van der Waals surface area contributed by atoms with E-state index in [0.717, 1.165) is 11.8 Å². The second-order valence-electron chi connectivity index (χ2n) is 4.84. The van der Waals surface area contributed by atoms with Crippen molar-refractivity contribution in [3.8, 4) is 0 Å². The number of hydrogen-bond acceptors (Lipinski definition) is 3. The number of halogens is 2. The van der Waals surface area contributed by atoms with Gasteiger partial charge in [0.15, 0.2) is 0 Å². The first kappa shape index (κ1) is 17.1. The molecule has 2 rings (SSSR count). The number of pyridine rings is 1. The molecule has 0 aliphatic heterocycles. The van der Waals surface area contributed by atoms with Gasteiger partial charge in [0.1, 0.15) is 11.6 Å². The van der Waals surface area contributed by atoms with Gasteiger partial charge in [-0.15, -0.1) is 0 Å². The van der Waals surface area contributed by atoms with Gasteiger partial charge in [-0.2, -0.15) is 0 Å². The molecule has 0 saturated carbocycles. The molecular formula is C16H15BrFN3O2. The summed E-state index contributed by atoms with van der Waals surface area (Å²) >= 11 is 3.19. The van der Waals surface area contributed by atoms with Crippen molar-refractivity contribution in [2.24, 2.45) is 0 Å². The van der Waals surface area contributed by atoms with Crippen LogP contribution >= 0.6 is 15.9 Å². The zero-order chi connectivity index (χ0) is 16.8. The summed E-state index contributed by atoms with van der Waals surface area (Å²) in [6.07, 6.45) is 0.0916. The number of carbonyl (C=O) groups excluding carboxylic acids is 2. The first-order valence-electron chi connectivity index (χ1n) is 6.92. The number of amides is 2. The molecular weight excluding hydrogens is 365 g/mol. The fourth-order valence-corrected chi connectivity index (χ4v) is 2.30. The molecule has 0 spiro atoms. The molecule has 0 bridgehead atoms. The molecule has 0 unspecified atom stereocenters. The van der Waals surface area contributed by atoms with Crippen molar-refractivity contribution in [3.63, 3.8) is 0 Å². The number of nitrogens with one attached hydrogen (secondary N) is 2. The summed E-state index contributed by atoms with van der Waals surface area (Å²) in [6, 6.07) is 9.15. The van der Waals surface area contributed by atoms with E-state index in [-0.39, 0.29) is 24.4 Å². The Hall–Kier alpha value is -2.28. The van der Waals surface area contributed by atoms with Gasteiger partial charge < -0.3 is 10.6 Å². The minimum Gasteiger partial charge on any atom is -0.351 e. The third-order valence-electron chi connectivity index (χ3n) is 2.97. The van der Waals surface area contributed by atoms with E-state index in [9.17, 15) is 14.0 Å². The molecule has 23 heavy (non-hydrogen) atoms. The molecule has 0 fully saturated rings. The summed E-state index contributed by atoms with van der Waals surface area (Å²) in [5, 5.41) is 5.22. The Labute approximate surface area is 141 Å². The van der Waals surface area contributed by atoms with Crippen molar-refractivity contribution < 1.29 is 14.0 Å². The highest BCUT2D eigenvalue weighted by Gasteiger charge is 2.11. The maximum Gasteiger partial charge on any atom is 0.252 e. The van der Waals surface area contributed by atoms with Crippen LogP contribution in [0.1, 0.15) is 22.5 Å². The van der Waals surface area contributed by atoms with Gasteiger partial charge >= 0.3 is 0 Å². The van der Waals surface area contributed by atoms with Gasteiger partial charge in [0, 0.05) is 23.1 Å². The van der Waals surface area contributed by atoms with Crippen molar-refractivity contribution in [1.82, 2.24) is 10.3 Å². The summed E-state index contributed by atoms with van der Waals surface area (Å²) in [5.41, 5.74) is 0.984. The SMILES string of the molecule is Cc1cccc(NC(=O)CCNC(=O)c2cc(F)ccc2Br)n1. The van der Waals surface area contributed by atoms with Gasteiger partial charge in [0.2, 0.25) is 5.91 Å². The number of aryl methyl sites for hydroxylation is 1. The molecule has 1 heterocycles. The Morgan fingerprint density at radius 3 is 2.78 bits per heavy atom. The second-order valence-corrected chi connectivity index (χ2v) is 5.70. The molecule has 1 aromatic heterocycles. The van der Waals surface area contributed by atoms with Crippen molar-refractivity contribution in [2.75, 3.05) is 11.9 Å². The highest BCUT2D eigenvalue weighted by atomic mass is 79.9. The standard InChI is InChI=1S/C16H15BrFN3O2/c1-10-3-2-4-14(20-10)21-15(22)7-8-19-16(23)12-9-11(18)5-6-13(12)17/h2-6,9H,7-8H2,1H3,(H,19,23)(H,20,21,22). The van der Waals surface area contributed by atoms with Crippen LogP contribution < -0.4 is 10.6 Å². The van der Waals surface area contributed by atoms with E-state index in [1.54, 1.807) is 12.1 Å². The van der Waals surface area contributed by atoms with Crippen LogP contribution in [-0.4, -0.2) is 23.3 Å². The fourth-order valence-electron chi connectivity index (χ4n) is 1.87. The Balaban J connectivity index is 1.83. The van der Waals surface area contributed by atoms with E-state index in [4.69, 9.17) is 0 Å². The summed E-state index contributed by atoms with van der Waals surface area (Å²) in [7, 11) is 0. The molecule has 0 saturated heterocycles. The number of benzene rings is 1. The fraction of sp³-hybridized carbons (Fsp3) is 0.188. The van der Waals surface area contributed by atoms with Gasteiger partial charge in [0.25, 0.3) is 5.91 Å². The number of anilines is 1. The van der Waals surface area contributed by atoms with Gasteiger partial charge in [-0.25, -0.2) is 9.37 Å². The van der Waals surface area contributed by atoms with Gasteiger partial charge in [-0.05, 0) is 53.2 Å². The van der Waals surface area contributed by atoms with Crippen molar-refractivity contribution in [2.45, 2.75) is 13.3 Å². The lowest BCUT2D eigenvalue weighted by Gasteiger charge is -2.08. The molecule has 2 aromatic rings. The van der Waals surface area contributed by atoms with E-state index in [2.05, 4.69) is 31.5 Å². The van der Waals surface area contributed by atoms with E-state index in [0.29, 0.717) is 10.3 Å². The topological polar surface area (TPSA) is 71.1 Å². The highest BCUT2D eigenvalue weighted by molar-refractivity contribution is 9.10. The molecule has 0 aliphatic carbocycles. The number of hydrogen-bond donors (Lipinski definition) is 2. The van der Waals surface area contributed by atoms with Crippen LogP contribution in [0.4, 0.5) is 10.2 Å². The van der Waals surface area contributed by atoms with Gasteiger partial charge in [-0.1, -0.05) is 6.07 Å². The molecule has 0 atom stereocenters. The Morgan fingerprint density at radius 2 is 2.04 bits per heavy atom. The summed E-state index contributed by atoms with van der Waals surface area (Å²) < 4.78 is 13.7. The quantitative estimate of drug-likeness (QED) is 0.838. The minimum atomic E-state index is -0.499. The zero-order valence-corrected chi connectivity index (χ0v) is 14.0. The summed E-state index contributed by atoms with van der Waals surface area (Å²) in [6.45, 7) is 1.96. The average Bonchev–Trinajstić information content (AvgIpc) is 2.49. The smallest absolute Gasteiger partial charge is 0.252 e. The normalized spacial score (nSPS) is 10.2. The summed E-state index contributed by atoms with van der Waals surface area (Å²) in [4.78, 5) is 27.9. The average molecular weight is 380 g/mol. The number of nitrogens with zero attached hydrogens (tertiary/aromatic N) is 1. The predicted octanol–water partition coefficient (Wildman–Crippen LogP) is 3.05. The number of aromatic nitrogens is 1. The molecule has 2 amide bonds. The van der Waals surface area contributed by atoms with E-state index >= 15 is 0 Å². The summed E-state index contributed by atoms with van der Waals surface area (Å²) in [5.74, 6) is -0.740. The van der Waals surface area contributed by atoms with E-state index in [1.165, 1.54) is 12.1 Å². The van der Waals surface area contributed by atoms with Crippen molar-refractivity contribution >= 4 is 33.6 Å². The lowest BCUT2D eigenvalue weighted by atomic mass is 10.2. The highest BCUT2D eigenvalue weighted by Crippen LogP contribution is 2.17. The molecule has 5 nitrogen and oxygen atoms in total. The first-order chi connectivity index (χ1) is 11.0. The predicted molar refractivity (Wildman–Crippen MR) is 88.7 cm³/mol. The van der Waals surface area contributed by atoms with Crippen LogP contribution in [0.15, 0.2) is 40.9 Å². The molecule has 0 radical (unpaired) electrons. The van der Waals surface area contributed by atoms with Crippen molar-refractivity contribution in [3.05, 3.63) is 57.9 Å². The maximum absolute atomic E-state index is 13.2. The van der Waals surface area contributed by atoms with Crippen LogP contribution in [0.5, 0.6) is 0 Å². The molecule has 120 valence electrons. The molecule has 2 N–H and O–H groups in total. The number of carbonyl (C=O) groups is 2. The Morgan fingerprint density at radius 1 is 1.26 bits per heavy atom. The van der Waals surface area contributed by atoms with Crippen LogP contribution in [0, 0.1) is 12.7 Å². The molecule has 1 aromatic carbocycles. The third kappa shape index (κ3) is 5.14. The zero-order valence-electron chi connectivity index (χ0n) is 12.4. The second kappa shape index (κ2) is 7.82. The minimum absolute atomic E-state index is 0.0916. The molecule has 7 heteroatoms. The number of rotatable bonds is 5. The van der Waals surface area contributed by atoms with Crippen molar-refractivity contribution in [1.29, 1.82) is 0 Å². The maximum atomic E-state index is 13.2. The molecule has 0 aliphatic rings. The van der Waals surface area contributed by atoms with Crippen LogP contribution in [-0.2, 0) is 4.79 Å². The lowest BCUT2D eigenvalue weighted by Crippen LogP contribution is -2.28. The van der Waals surface area contributed by atoms with Gasteiger partial charge in [0.05, 0.1) is 5.56 Å². The Bertz CT molecular complexity index is 737. The van der Waals surface area contributed by atoms with E-state index < -0.39 is 11.7 Å². The van der Waals surface area contributed by atoms with E-state index in [1.807, 2.05) is 13.0 Å². The largest absolute Gasteiger partial charge is 0.351 e. The van der Waals surface area contributed by atoms with Gasteiger partial charge in [-0.3, -0.25) is 9.59 Å². The van der Waals surface area contributed by atoms with Crippen LogP contribution in [0.2, 0.25) is 0 Å². The lowest BCUT2D eigenvalue weighted by molar-refractivity contribution is -0.116.